The summed E-state index contributed by atoms with van der Waals surface area (Å²) in [5.41, 5.74) is 0. The second-order valence-electron chi connectivity index (χ2n) is 4.79. The fourth-order valence-electron chi connectivity index (χ4n) is 2.37. The van der Waals surface area contributed by atoms with Crippen molar-refractivity contribution in [1.29, 1.82) is 0 Å². The molecule has 1 saturated carbocycles. The van der Waals surface area contributed by atoms with E-state index in [2.05, 4.69) is 22.2 Å². The molecule has 5 nitrogen and oxygen atoms in total. The van der Waals surface area contributed by atoms with Gasteiger partial charge in [0.1, 0.15) is 0 Å². The molecule has 0 radical (unpaired) electrons. The molecule has 1 heterocycles. The van der Waals surface area contributed by atoms with E-state index < -0.39 is 0 Å². The van der Waals surface area contributed by atoms with E-state index in [4.69, 9.17) is 9.47 Å². The monoisotopic (exact) mass is 251 g/mol. The van der Waals surface area contributed by atoms with Crippen LogP contribution < -0.4 is 14.8 Å². The Morgan fingerprint density at radius 1 is 1.11 bits per heavy atom. The molecule has 5 heteroatoms. The highest BCUT2D eigenvalue weighted by molar-refractivity contribution is 5.34. The molecule has 0 amide bonds. The molecule has 2 rings (SSSR count). The summed E-state index contributed by atoms with van der Waals surface area (Å²) in [5.74, 6) is 2.28. The third-order valence-corrected chi connectivity index (χ3v) is 3.52. The van der Waals surface area contributed by atoms with E-state index in [-0.39, 0.29) is 0 Å². The van der Waals surface area contributed by atoms with Gasteiger partial charge >= 0.3 is 0 Å². The largest absolute Gasteiger partial charge is 0.481 e. The average molecular weight is 251 g/mol. The van der Waals surface area contributed by atoms with Crippen LogP contribution in [0.1, 0.15) is 32.6 Å². The summed E-state index contributed by atoms with van der Waals surface area (Å²) in [4.78, 5) is 8.61. The first-order valence-electron chi connectivity index (χ1n) is 6.46. The molecule has 0 aliphatic heterocycles. The number of methoxy groups -OCH3 is 2. The van der Waals surface area contributed by atoms with Crippen molar-refractivity contribution in [2.24, 2.45) is 5.92 Å². The van der Waals surface area contributed by atoms with E-state index in [1.807, 2.05) is 0 Å². The smallest absolute Gasteiger partial charge is 0.229 e. The zero-order valence-electron chi connectivity index (χ0n) is 11.3. The van der Waals surface area contributed by atoms with Crippen LogP contribution >= 0.6 is 0 Å². The lowest BCUT2D eigenvalue weighted by Gasteiger charge is -2.29. The van der Waals surface area contributed by atoms with Gasteiger partial charge in [-0.15, -0.1) is 0 Å². The topological polar surface area (TPSA) is 56.3 Å². The van der Waals surface area contributed by atoms with Crippen LogP contribution in [0.3, 0.4) is 0 Å². The molecule has 1 fully saturated rings. The van der Waals surface area contributed by atoms with E-state index >= 15 is 0 Å². The van der Waals surface area contributed by atoms with Gasteiger partial charge < -0.3 is 14.8 Å². The van der Waals surface area contributed by atoms with Crippen molar-refractivity contribution in [3.63, 3.8) is 0 Å². The van der Waals surface area contributed by atoms with Gasteiger partial charge in [-0.1, -0.05) is 19.8 Å². The molecule has 0 bridgehead atoms. The maximum absolute atomic E-state index is 5.14. The van der Waals surface area contributed by atoms with Crippen molar-refractivity contribution < 1.29 is 9.47 Å². The number of ether oxygens (including phenoxy) is 2. The normalized spacial score (nSPS) is 23.5. The number of nitrogens with one attached hydrogen (secondary N) is 1. The van der Waals surface area contributed by atoms with Crippen LogP contribution in [0.4, 0.5) is 5.95 Å². The number of aromatic nitrogens is 2. The predicted octanol–water partition coefficient (Wildman–Crippen LogP) is 2.48. The summed E-state index contributed by atoms with van der Waals surface area (Å²) in [7, 11) is 3.18. The molecule has 0 saturated heterocycles. The lowest BCUT2D eigenvalue weighted by Crippen LogP contribution is -2.31. The fourth-order valence-corrected chi connectivity index (χ4v) is 2.37. The average Bonchev–Trinajstić information content (AvgIpc) is 2.41. The highest BCUT2D eigenvalue weighted by Crippen LogP contribution is 2.27. The molecule has 1 aliphatic rings. The Bertz CT molecular complexity index is 376. The van der Waals surface area contributed by atoms with Crippen LogP contribution in [-0.2, 0) is 0 Å². The lowest BCUT2D eigenvalue weighted by molar-refractivity contribution is 0.344. The first-order chi connectivity index (χ1) is 8.72. The van der Waals surface area contributed by atoms with Crippen molar-refractivity contribution in [3.05, 3.63) is 6.07 Å². The van der Waals surface area contributed by atoms with E-state index in [0.717, 1.165) is 0 Å². The molecule has 1 aromatic rings. The first kappa shape index (κ1) is 12.9. The molecule has 1 aliphatic carbocycles. The van der Waals surface area contributed by atoms with Gasteiger partial charge in [-0.25, -0.2) is 0 Å². The first-order valence-corrected chi connectivity index (χ1v) is 6.46. The Hall–Kier alpha value is -1.52. The molecule has 2 unspecified atom stereocenters. The van der Waals surface area contributed by atoms with Gasteiger partial charge in [0, 0.05) is 6.04 Å². The highest BCUT2D eigenvalue weighted by atomic mass is 16.5. The summed E-state index contributed by atoms with van der Waals surface area (Å²) < 4.78 is 10.3. The second kappa shape index (κ2) is 5.89. The summed E-state index contributed by atoms with van der Waals surface area (Å²) in [6.07, 6.45) is 5.02. The van der Waals surface area contributed by atoms with Crippen molar-refractivity contribution >= 4 is 5.95 Å². The molecule has 100 valence electrons. The Kier molecular flexibility index (Phi) is 4.23. The van der Waals surface area contributed by atoms with Crippen molar-refractivity contribution in [2.75, 3.05) is 19.5 Å². The minimum absolute atomic E-state index is 0.440. The highest BCUT2D eigenvalue weighted by Gasteiger charge is 2.22. The van der Waals surface area contributed by atoms with Crippen molar-refractivity contribution in [2.45, 2.75) is 38.6 Å². The van der Waals surface area contributed by atoms with E-state index in [0.29, 0.717) is 29.7 Å². The molecule has 1 aromatic heterocycles. The van der Waals surface area contributed by atoms with Gasteiger partial charge in [0.05, 0.1) is 20.3 Å². The van der Waals surface area contributed by atoms with Gasteiger partial charge in [-0.3, -0.25) is 0 Å². The Morgan fingerprint density at radius 3 is 2.28 bits per heavy atom. The Balaban J connectivity index is 2.12. The predicted molar refractivity (Wildman–Crippen MR) is 70.2 cm³/mol. The lowest BCUT2D eigenvalue weighted by atomic mass is 9.86. The number of anilines is 1. The molecule has 1 N–H and O–H groups in total. The molecule has 0 aromatic carbocycles. The number of rotatable bonds is 4. The van der Waals surface area contributed by atoms with Gasteiger partial charge in [-0.05, 0) is 18.8 Å². The molecule has 18 heavy (non-hydrogen) atoms. The maximum Gasteiger partial charge on any atom is 0.229 e. The van der Waals surface area contributed by atoms with Crippen LogP contribution in [0.2, 0.25) is 0 Å². The van der Waals surface area contributed by atoms with E-state index in [1.54, 1.807) is 20.3 Å². The van der Waals surface area contributed by atoms with Crippen LogP contribution in [0.25, 0.3) is 0 Å². The quantitative estimate of drug-likeness (QED) is 0.891. The van der Waals surface area contributed by atoms with Crippen LogP contribution in [0.15, 0.2) is 6.07 Å². The third kappa shape index (κ3) is 3.03. The third-order valence-electron chi connectivity index (χ3n) is 3.52. The van der Waals surface area contributed by atoms with E-state index in [1.165, 1.54) is 25.7 Å². The zero-order chi connectivity index (χ0) is 13.0. The SMILES string of the molecule is COc1cc(OC)nc(NC2CCCCC2C)n1. The van der Waals surface area contributed by atoms with Crippen molar-refractivity contribution in [1.82, 2.24) is 9.97 Å². The van der Waals surface area contributed by atoms with Crippen LogP contribution in [0.5, 0.6) is 11.8 Å². The minimum atomic E-state index is 0.440. The number of hydrogen-bond acceptors (Lipinski definition) is 5. The minimum Gasteiger partial charge on any atom is -0.481 e. The molecule has 0 spiro atoms. The maximum atomic E-state index is 5.14. The van der Waals surface area contributed by atoms with Gasteiger partial charge in [0.2, 0.25) is 17.7 Å². The molecule has 2 atom stereocenters. The zero-order valence-corrected chi connectivity index (χ0v) is 11.3. The standard InChI is InChI=1S/C13H21N3O2/c1-9-6-4-5-7-10(9)14-13-15-11(17-2)8-12(16-13)18-3/h8-10H,4-7H2,1-3H3,(H,14,15,16). The van der Waals surface area contributed by atoms with Crippen molar-refractivity contribution in [3.8, 4) is 11.8 Å². The fraction of sp³-hybridized carbons (Fsp3) is 0.692. The number of nitrogens with zero attached hydrogens (tertiary/aromatic N) is 2. The Labute approximate surface area is 108 Å². The summed E-state index contributed by atoms with van der Waals surface area (Å²) in [6, 6.07) is 2.12. The van der Waals surface area contributed by atoms with Gasteiger partial charge in [0.15, 0.2) is 0 Å². The van der Waals surface area contributed by atoms with E-state index in [9.17, 15) is 0 Å². The van der Waals surface area contributed by atoms with Gasteiger partial charge in [0.25, 0.3) is 0 Å². The second-order valence-corrected chi connectivity index (χ2v) is 4.79. The molecular formula is C13H21N3O2. The van der Waals surface area contributed by atoms with Crippen LogP contribution in [0, 0.1) is 5.92 Å². The Morgan fingerprint density at radius 2 is 1.72 bits per heavy atom. The summed E-state index contributed by atoms with van der Waals surface area (Å²) in [5, 5.41) is 3.40. The summed E-state index contributed by atoms with van der Waals surface area (Å²) in [6.45, 7) is 2.27. The number of hydrogen-bond donors (Lipinski definition) is 1. The van der Waals surface area contributed by atoms with Crippen LogP contribution in [-0.4, -0.2) is 30.2 Å². The van der Waals surface area contributed by atoms with Gasteiger partial charge in [-0.2, -0.15) is 9.97 Å². The molecular weight excluding hydrogens is 230 g/mol. The summed E-state index contributed by atoms with van der Waals surface area (Å²) >= 11 is 0.